The van der Waals surface area contributed by atoms with Crippen LogP contribution in [0.1, 0.15) is 25.7 Å². The van der Waals surface area contributed by atoms with Crippen molar-refractivity contribution in [2.24, 2.45) is 5.73 Å². The summed E-state index contributed by atoms with van der Waals surface area (Å²) in [5.74, 6) is 0.332. The van der Waals surface area contributed by atoms with Gasteiger partial charge in [0.05, 0.1) is 5.75 Å². The van der Waals surface area contributed by atoms with Gasteiger partial charge in [-0.1, -0.05) is 0 Å². The molecule has 1 aliphatic carbocycles. The maximum Gasteiger partial charge on any atom is 0.214 e. The molecule has 2 fully saturated rings. The van der Waals surface area contributed by atoms with Gasteiger partial charge in [-0.2, -0.15) is 4.31 Å². The van der Waals surface area contributed by atoms with Gasteiger partial charge in [0.2, 0.25) is 10.0 Å². The van der Waals surface area contributed by atoms with E-state index in [1.807, 2.05) is 0 Å². The fraction of sp³-hybridized carbons (Fsp3) is 1.00. The number of nitrogens with zero attached hydrogens (tertiary/aromatic N) is 1. The van der Waals surface area contributed by atoms with Crippen LogP contribution in [0.2, 0.25) is 0 Å². The SMILES string of the molecule is NC1CCC(N2CCCS2(=O)=O)C1. The summed E-state index contributed by atoms with van der Waals surface area (Å²) >= 11 is 0. The molecule has 5 heteroatoms. The normalized spacial score (nSPS) is 39.8. The highest BCUT2D eigenvalue weighted by atomic mass is 32.2. The molecule has 76 valence electrons. The largest absolute Gasteiger partial charge is 0.328 e. The molecule has 0 bridgehead atoms. The molecular weight excluding hydrogens is 188 g/mol. The van der Waals surface area contributed by atoms with Crippen LogP contribution in [0.5, 0.6) is 0 Å². The van der Waals surface area contributed by atoms with Crippen LogP contribution in [-0.4, -0.2) is 37.1 Å². The zero-order chi connectivity index (χ0) is 9.47. The number of hydrogen-bond donors (Lipinski definition) is 1. The molecule has 0 radical (unpaired) electrons. The van der Waals surface area contributed by atoms with E-state index in [1.165, 1.54) is 0 Å². The van der Waals surface area contributed by atoms with Gasteiger partial charge in [0.25, 0.3) is 0 Å². The van der Waals surface area contributed by atoms with Crippen molar-refractivity contribution in [3.8, 4) is 0 Å². The summed E-state index contributed by atoms with van der Waals surface area (Å²) in [4.78, 5) is 0. The van der Waals surface area contributed by atoms with Crippen molar-refractivity contribution in [1.82, 2.24) is 4.31 Å². The minimum atomic E-state index is -2.92. The maximum atomic E-state index is 11.5. The Hall–Kier alpha value is -0.130. The molecule has 2 N–H and O–H groups in total. The molecule has 4 nitrogen and oxygen atoms in total. The lowest BCUT2D eigenvalue weighted by Gasteiger charge is -2.21. The molecule has 2 atom stereocenters. The van der Waals surface area contributed by atoms with E-state index in [0.717, 1.165) is 25.7 Å². The van der Waals surface area contributed by atoms with E-state index in [1.54, 1.807) is 4.31 Å². The van der Waals surface area contributed by atoms with E-state index in [0.29, 0.717) is 12.3 Å². The Labute approximate surface area is 79.1 Å². The molecular formula is C8H16N2O2S. The minimum Gasteiger partial charge on any atom is -0.328 e. The Kier molecular flexibility index (Phi) is 2.33. The van der Waals surface area contributed by atoms with Gasteiger partial charge in [-0.15, -0.1) is 0 Å². The van der Waals surface area contributed by atoms with Gasteiger partial charge in [0.15, 0.2) is 0 Å². The van der Waals surface area contributed by atoms with E-state index >= 15 is 0 Å². The van der Waals surface area contributed by atoms with E-state index in [9.17, 15) is 8.42 Å². The summed E-state index contributed by atoms with van der Waals surface area (Å²) in [6.07, 6.45) is 3.55. The summed E-state index contributed by atoms with van der Waals surface area (Å²) < 4.78 is 24.7. The molecule has 13 heavy (non-hydrogen) atoms. The smallest absolute Gasteiger partial charge is 0.214 e. The highest BCUT2D eigenvalue weighted by Crippen LogP contribution is 2.28. The van der Waals surface area contributed by atoms with Crippen molar-refractivity contribution >= 4 is 10.0 Å². The molecule has 2 aliphatic rings. The summed E-state index contributed by atoms with van der Waals surface area (Å²) in [7, 11) is -2.92. The lowest BCUT2D eigenvalue weighted by atomic mass is 10.2. The molecule has 0 aromatic rings. The van der Waals surface area contributed by atoms with Gasteiger partial charge in [-0.25, -0.2) is 8.42 Å². The second-order valence-electron chi connectivity index (χ2n) is 4.01. The molecule has 1 saturated carbocycles. The highest BCUT2D eigenvalue weighted by molar-refractivity contribution is 7.89. The van der Waals surface area contributed by atoms with Crippen molar-refractivity contribution in [3.05, 3.63) is 0 Å². The van der Waals surface area contributed by atoms with Crippen LogP contribution < -0.4 is 5.73 Å². The van der Waals surface area contributed by atoms with Gasteiger partial charge in [0, 0.05) is 18.6 Å². The van der Waals surface area contributed by atoms with Crippen molar-refractivity contribution in [2.45, 2.75) is 37.8 Å². The first-order chi connectivity index (χ1) is 6.09. The third-order valence-electron chi connectivity index (χ3n) is 2.99. The number of nitrogens with two attached hydrogens (primary N) is 1. The molecule has 0 aromatic carbocycles. The highest BCUT2D eigenvalue weighted by Gasteiger charge is 2.37. The van der Waals surface area contributed by atoms with Crippen LogP contribution in [0.4, 0.5) is 0 Å². The predicted octanol–water partition coefficient (Wildman–Crippen LogP) is -0.0983. The second kappa shape index (κ2) is 3.22. The van der Waals surface area contributed by atoms with Gasteiger partial charge < -0.3 is 5.73 Å². The summed E-state index contributed by atoms with van der Waals surface area (Å²) in [5, 5.41) is 0. The molecule has 2 rings (SSSR count). The van der Waals surface area contributed by atoms with E-state index in [2.05, 4.69) is 0 Å². The van der Waals surface area contributed by atoms with Crippen molar-refractivity contribution in [2.75, 3.05) is 12.3 Å². The van der Waals surface area contributed by atoms with Crippen molar-refractivity contribution < 1.29 is 8.42 Å². The standard InChI is InChI=1S/C8H16N2O2S/c9-7-2-3-8(6-7)10-4-1-5-13(10,11)12/h7-8H,1-6,9H2. The molecule has 1 saturated heterocycles. The fourth-order valence-corrected chi connectivity index (χ4v) is 4.10. The monoisotopic (exact) mass is 204 g/mol. The number of rotatable bonds is 1. The molecule has 2 unspecified atom stereocenters. The average molecular weight is 204 g/mol. The Balaban J connectivity index is 2.09. The quantitative estimate of drug-likeness (QED) is 0.649. The van der Waals surface area contributed by atoms with Gasteiger partial charge in [0.1, 0.15) is 0 Å². The Morgan fingerprint density at radius 2 is 2.08 bits per heavy atom. The number of hydrogen-bond acceptors (Lipinski definition) is 3. The molecule has 0 amide bonds. The van der Waals surface area contributed by atoms with E-state index < -0.39 is 10.0 Å². The molecule has 1 heterocycles. The molecule has 0 spiro atoms. The van der Waals surface area contributed by atoms with Gasteiger partial charge >= 0.3 is 0 Å². The third kappa shape index (κ3) is 1.73. The zero-order valence-corrected chi connectivity index (χ0v) is 8.46. The van der Waals surface area contributed by atoms with Crippen LogP contribution in [0.25, 0.3) is 0 Å². The van der Waals surface area contributed by atoms with E-state index in [-0.39, 0.29) is 12.1 Å². The average Bonchev–Trinajstić information content (AvgIpc) is 2.56. The Morgan fingerprint density at radius 1 is 1.31 bits per heavy atom. The minimum absolute atomic E-state index is 0.197. The lowest BCUT2D eigenvalue weighted by molar-refractivity contribution is 0.343. The first-order valence-corrected chi connectivity index (χ1v) is 6.45. The van der Waals surface area contributed by atoms with E-state index in [4.69, 9.17) is 5.73 Å². The lowest BCUT2D eigenvalue weighted by Crippen LogP contribution is -2.35. The van der Waals surface area contributed by atoms with Crippen LogP contribution in [0, 0.1) is 0 Å². The van der Waals surface area contributed by atoms with Crippen LogP contribution in [0.3, 0.4) is 0 Å². The zero-order valence-electron chi connectivity index (χ0n) is 7.65. The van der Waals surface area contributed by atoms with Crippen molar-refractivity contribution in [1.29, 1.82) is 0 Å². The summed E-state index contributed by atoms with van der Waals surface area (Å²) in [6.45, 7) is 0.708. The van der Waals surface area contributed by atoms with Crippen LogP contribution in [-0.2, 0) is 10.0 Å². The third-order valence-corrected chi connectivity index (χ3v) is 4.99. The first-order valence-electron chi connectivity index (χ1n) is 4.85. The molecule has 0 aromatic heterocycles. The topological polar surface area (TPSA) is 63.4 Å². The second-order valence-corrected chi connectivity index (χ2v) is 6.05. The first kappa shape index (κ1) is 9.43. The van der Waals surface area contributed by atoms with Gasteiger partial charge in [-0.05, 0) is 25.7 Å². The fourth-order valence-electron chi connectivity index (χ4n) is 2.32. The van der Waals surface area contributed by atoms with Crippen molar-refractivity contribution in [3.63, 3.8) is 0 Å². The number of sulfonamides is 1. The maximum absolute atomic E-state index is 11.5. The summed E-state index contributed by atoms with van der Waals surface area (Å²) in [5.41, 5.74) is 5.76. The Bertz CT molecular complexity index is 289. The Morgan fingerprint density at radius 3 is 2.54 bits per heavy atom. The predicted molar refractivity (Wildman–Crippen MR) is 50.7 cm³/mol. The van der Waals surface area contributed by atoms with Crippen LogP contribution >= 0.6 is 0 Å². The van der Waals surface area contributed by atoms with Gasteiger partial charge in [-0.3, -0.25) is 0 Å². The van der Waals surface area contributed by atoms with Crippen LogP contribution in [0.15, 0.2) is 0 Å². The summed E-state index contributed by atoms with van der Waals surface area (Å²) in [6, 6.07) is 0.406. The molecule has 1 aliphatic heterocycles.